The SMILES string of the molecule is O=C(Cc1c[nH]c2ccc(F)cc12)NCCO. The van der Waals surface area contributed by atoms with Crippen LogP contribution in [0.5, 0.6) is 0 Å². The van der Waals surface area contributed by atoms with E-state index < -0.39 is 0 Å². The summed E-state index contributed by atoms with van der Waals surface area (Å²) in [6.45, 7) is 0.143. The van der Waals surface area contributed by atoms with Gasteiger partial charge in [0.05, 0.1) is 13.0 Å². The smallest absolute Gasteiger partial charge is 0.224 e. The average Bonchev–Trinajstić information content (AvgIpc) is 2.69. The third kappa shape index (κ3) is 2.62. The van der Waals surface area contributed by atoms with Crippen LogP contribution in [0.25, 0.3) is 10.9 Å². The molecule has 17 heavy (non-hydrogen) atoms. The highest BCUT2D eigenvalue weighted by atomic mass is 19.1. The van der Waals surface area contributed by atoms with Crippen molar-refractivity contribution < 1.29 is 14.3 Å². The number of fused-ring (bicyclic) bond motifs is 1. The van der Waals surface area contributed by atoms with Crippen molar-refractivity contribution >= 4 is 16.8 Å². The minimum atomic E-state index is -0.325. The zero-order valence-corrected chi connectivity index (χ0v) is 9.16. The summed E-state index contributed by atoms with van der Waals surface area (Å²) in [6, 6.07) is 4.41. The van der Waals surface area contributed by atoms with E-state index in [-0.39, 0.29) is 31.3 Å². The Morgan fingerprint density at radius 3 is 3.06 bits per heavy atom. The van der Waals surface area contributed by atoms with Crippen LogP contribution in [0, 0.1) is 5.82 Å². The molecule has 0 saturated carbocycles. The molecule has 0 radical (unpaired) electrons. The van der Waals surface area contributed by atoms with E-state index in [1.54, 1.807) is 12.3 Å². The number of hydrogen-bond donors (Lipinski definition) is 3. The summed E-state index contributed by atoms with van der Waals surface area (Å²) in [4.78, 5) is 14.4. The molecule has 90 valence electrons. The summed E-state index contributed by atoms with van der Waals surface area (Å²) in [7, 11) is 0. The Bertz CT molecular complexity index is 536. The van der Waals surface area contributed by atoms with E-state index in [9.17, 15) is 9.18 Å². The Labute approximate surface area is 97.5 Å². The fraction of sp³-hybridized carbons (Fsp3) is 0.250. The highest BCUT2D eigenvalue weighted by Gasteiger charge is 2.08. The van der Waals surface area contributed by atoms with E-state index in [4.69, 9.17) is 5.11 Å². The molecule has 1 amide bonds. The first-order chi connectivity index (χ1) is 8.20. The fourth-order valence-electron chi connectivity index (χ4n) is 1.73. The van der Waals surface area contributed by atoms with Gasteiger partial charge in [0.1, 0.15) is 5.82 Å². The molecule has 4 nitrogen and oxygen atoms in total. The molecule has 1 heterocycles. The monoisotopic (exact) mass is 236 g/mol. The second-order valence-electron chi connectivity index (χ2n) is 3.75. The van der Waals surface area contributed by atoms with Crippen LogP contribution in [-0.4, -0.2) is 29.1 Å². The number of benzene rings is 1. The summed E-state index contributed by atoms with van der Waals surface area (Å²) in [5.74, 6) is -0.515. The Morgan fingerprint density at radius 2 is 2.29 bits per heavy atom. The summed E-state index contributed by atoms with van der Waals surface area (Å²) in [5.41, 5.74) is 1.55. The number of rotatable bonds is 4. The molecule has 3 N–H and O–H groups in total. The van der Waals surface area contributed by atoms with Crippen molar-refractivity contribution in [2.45, 2.75) is 6.42 Å². The number of amides is 1. The first kappa shape index (κ1) is 11.6. The first-order valence-corrected chi connectivity index (χ1v) is 5.34. The third-order valence-corrected chi connectivity index (χ3v) is 2.51. The Hall–Kier alpha value is -1.88. The zero-order chi connectivity index (χ0) is 12.3. The van der Waals surface area contributed by atoms with Gasteiger partial charge in [0.2, 0.25) is 5.91 Å². The molecule has 0 saturated heterocycles. The number of H-pyrrole nitrogens is 1. The van der Waals surface area contributed by atoms with Crippen LogP contribution in [0.3, 0.4) is 0 Å². The molecular weight excluding hydrogens is 223 g/mol. The number of halogens is 1. The quantitative estimate of drug-likeness (QED) is 0.740. The van der Waals surface area contributed by atoms with Crippen molar-refractivity contribution in [2.24, 2.45) is 0 Å². The lowest BCUT2D eigenvalue weighted by Crippen LogP contribution is -2.27. The molecule has 0 spiro atoms. The lowest BCUT2D eigenvalue weighted by molar-refractivity contribution is -0.120. The van der Waals surface area contributed by atoms with Gasteiger partial charge in [-0.2, -0.15) is 0 Å². The normalized spacial score (nSPS) is 10.7. The molecule has 0 atom stereocenters. The maximum atomic E-state index is 13.1. The maximum Gasteiger partial charge on any atom is 0.224 e. The molecule has 2 rings (SSSR count). The van der Waals surface area contributed by atoms with Gasteiger partial charge < -0.3 is 15.4 Å². The number of aliphatic hydroxyl groups excluding tert-OH is 1. The maximum absolute atomic E-state index is 13.1. The summed E-state index contributed by atoms with van der Waals surface area (Å²) >= 11 is 0. The molecule has 1 aromatic heterocycles. The Balaban J connectivity index is 2.18. The molecular formula is C12H13FN2O2. The number of carbonyl (C=O) groups excluding carboxylic acids is 1. The molecule has 1 aromatic carbocycles. The van der Waals surface area contributed by atoms with E-state index in [1.807, 2.05) is 0 Å². The minimum absolute atomic E-state index is 0.0890. The van der Waals surface area contributed by atoms with Crippen LogP contribution >= 0.6 is 0 Å². The van der Waals surface area contributed by atoms with E-state index in [0.29, 0.717) is 5.39 Å². The standard InChI is InChI=1S/C12H13FN2O2/c13-9-1-2-11-10(6-9)8(7-15-11)5-12(17)14-3-4-16/h1-2,6-7,15-16H,3-5H2,(H,14,17). The Morgan fingerprint density at radius 1 is 1.47 bits per heavy atom. The predicted molar refractivity (Wildman–Crippen MR) is 62.1 cm³/mol. The van der Waals surface area contributed by atoms with Gasteiger partial charge in [-0.15, -0.1) is 0 Å². The van der Waals surface area contributed by atoms with E-state index in [0.717, 1.165) is 11.1 Å². The molecule has 2 aromatic rings. The largest absolute Gasteiger partial charge is 0.395 e. The average molecular weight is 236 g/mol. The second-order valence-corrected chi connectivity index (χ2v) is 3.75. The van der Waals surface area contributed by atoms with Gasteiger partial charge in [-0.3, -0.25) is 4.79 Å². The van der Waals surface area contributed by atoms with Gasteiger partial charge in [-0.05, 0) is 23.8 Å². The van der Waals surface area contributed by atoms with Crippen molar-refractivity contribution in [3.63, 3.8) is 0 Å². The molecule has 0 aliphatic carbocycles. The van der Waals surface area contributed by atoms with Crippen LogP contribution in [0.2, 0.25) is 0 Å². The molecule has 0 aliphatic rings. The highest BCUT2D eigenvalue weighted by molar-refractivity contribution is 5.88. The number of aliphatic hydroxyl groups is 1. The number of aromatic nitrogens is 1. The van der Waals surface area contributed by atoms with Gasteiger partial charge in [-0.25, -0.2) is 4.39 Å². The molecule has 5 heteroatoms. The Kier molecular flexibility index (Phi) is 3.39. The summed E-state index contributed by atoms with van der Waals surface area (Å²) in [5, 5.41) is 11.8. The van der Waals surface area contributed by atoms with Gasteiger partial charge in [0.25, 0.3) is 0 Å². The molecule has 0 fully saturated rings. The fourth-order valence-corrected chi connectivity index (χ4v) is 1.73. The third-order valence-electron chi connectivity index (χ3n) is 2.51. The van der Waals surface area contributed by atoms with Crippen LogP contribution in [0.1, 0.15) is 5.56 Å². The number of nitrogens with one attached hydrogen (secondary N) is 2. The van der Waals surface area contributed by atoms with Crippen molar-refractivity contribution in [3.8, 4) is 0 Å². The van der Waals surface area contributed by atoms with Crippen molar-refractivity contribution in [1.82, 2.24) is 10.3 Å². The number of hydrogen-bond acceptors (Lipinski definition) is 2. The second kappa shape index (κ2) is 4.97. The molecule has 0 aliphatic heterocycles. The zero-order valence-electron chi connectivity index (χ0n) is 9.16. The lowest BCUT2D eigenvalue weighted by atomic mass is 10.1. The summed E-state index contributed by atoms with van der Waals surface area (Å²) in [6.07, 6.45) is 1.87. The summed E-state index contributed by atoms with van der Waals surface area (Å²) < 4.78 is 13.1. The molecule has 0 bridgehead atoms. The molecule has 0 unspecified atom stereocenters. The minimum Gasteiger partial charge on any atom is -0.395 e. The van der Waals surface area contributed by atoms with Gasteiger partial charge in [0, 0.05) is 23.6 Å². The first-order valence-electron chi connectivity index (χ1n) is 5.34. The van der Waals surface area contributed by atoms with Crippen LogP contribution in [0.4, 0.5) is 4.39 Å². The van der Waals surface area contributed by atoms with Crippen molar-refractivity contribution in [2.75, 3.05) is 13.2 Å². The van der Waals surface area contributed by atoms with E-state index in [2.05, 4.69) is 10.3 Å². The number of carbonyl (C=O) groups is 1. The van der Waals surface area contributed by atoms with Gasteiger partial charge in [-0.1, -0.05) is 0 Å². The van der Waals surface area contributed by atoms with Crippen molar-refractivity contribution in [3.05, 3.63) is 35.8 Å². The highest BCUT2D eigenvalue weighted by Crippen LogP contribution is 2.19. The predicted octanol–water partition coefficient (Wildman–Crippen LogP) is 0.958. The van der Waals surface area contributed by atoms with Gasteiger partial charge >= 0.3 is 0 Å². The van der Waals surface area contributed by atoms with E-state index >= 15 is 0 Å². The topological polar surface area (TPSA) is 65.1 Å². The van der Waals surface area contributed by atoms with E-state index in [1.165, 1.54) is 12.1 Å². The van der Waals surface area contributed by atoms with Crippen LogP contribution in [0.15, 0.2) is 24.4 Å². The van der Waals surface area contributed by atoms with Gasteiger partial charge in [0.15, 0.2) is 0 Å². The lowest BCUT2D eigenvalue weighted by Gasteiger charge is -2.02. The number of aromatic amines is 1. The van der Waals surface area contributed by atoms with Crippen molar-refractivity contribution in [1.29, 1.82) is 0 Å². The van der Waals surface area contributed by atoms with Crippen LogP contribution < -0.4 is 5.32 Å². The van der Waals surface area contributed by atoms with Crippen LogP contribution in [-0.2, 0) is 11.2 Å².